The zero-order valence-electron chi connectivity index (χ0n) is 10.2. The first kappa shape index (κ1) is 11.3. The summed E-state index contributed by atoms with van der Waals surface area (Å²) in [6.07, 6.45) is 7.67. The van der Waals surface area contributed by atoms with Crippen LogP contribution in [0, 0.1) is 5.92 Å². The van der Waals surface area contributed by atoms with Crippen molar-refractivity contribution in [1.82, 2.24) is 9.38 Å². The quantitative estimate of drug-likeness (QED) is 0.759. The molecule has 0 spiro atoms. The summed E-state index contributed by atoms with van der Waals surface area (Å²) in [4.78, 5) is 15.5. The topological polar surface area (TPSA) is 43.6 Å². The van der Waals surface area contributed by atoms with Crippen LogP contribution >= 0.6 is 0 Å². The van der Waals surface area contributed by atoms with Gasteiger partial charge < -0.3 is 4.74 Å². The highest BCUT2D eigenvalue weighted by Crippen LogP contribution is 2.29. The number of hydrogen-bond donors (Lipinski definition) is 0. The standard InChI is InChI=1S/C14H16N2O2/c17-10-12-14(18-9-7-11-4-3-5-11)15-13-6-1-2-8-16(12)13/h1-2,6,8,10-11H,3-5,7,9H2. The molecule has 3 rings (SSSR count). The van der Waals surface area contributed by atoms with Gasteiger partial charge in [-0.05, 0) is 24.5 Å². The van der Waals surface area contributed by atoms with E-state index in [9.17, 15) is 4.79 Å². The highest BCUT2D eigenvalue weighted by Gasteiger charge is 2.18. The molecule has 0 atom stereocenters. The van der Waals surface area contributed by atoms with E-state index in [0.29, 0.717) is 18.2 Å². The number of rotatable bonds is 5. The molecule has 0 N–H and O–H groups in total. The van der Waals surface area contributed by atoms with Gasteiger partial charge in [0.1, 0.15) is 11.3 Å². The molecule has 1 fully saturated rings. The average molecular weight is 244 g/mol. The smallest absolute Gasteiger partial charge is 0.243 e. The number of carbonyl (C=O) groups is 1. The first-order valence-corrected chi connectivity index (χ1v) is 6.43. The van der Waals surface area contributed by atoms with Crippen LogP contribution in [0.25, 0.3) is 5.65 Å². The van der Waals surface area contributed by atoms with Crippen molar-refractivity contribution in [2.75, 3.05) is 6.61 Å². The van der Waals surface area contributed by atoms with E-state index >= 15 is 0 Å². The largest absolute Gasteiger partial charge is 0.476 e. The minimum absolute atomic E-state index is 0.454. The second kappa shape index (κ2) is 4.80. The van der Waals surface area contributed by atoms with Crippen molar-refractivity contribution >= 4 is 11.9 Å². The maximum Gasteiger partial charge on any atom is 0.243 e. The van der Waals surface area contributed by atoms with Gasteiger partial charge in [0.05, 0.1) is 6.61 Å². The van der Waals surface area contributed by atoms with Crippen molar-refractivity contribution in [3.8, 4) is 5.88 Å². The van der Waals surface area contributed by atoms with Gasteiger partial charge in [-0.3, -0.25) is 9.20 Å². The number of pyridine rings is 1. The Kier molecular flexibility index (Phi) is 3.00. The predicted octanol–water partition coefficient (Wildman–Crippen LogP) is 2.72. The van der Waals surface area contributed by atoms with Crippen LogP contribution < -0.4 is 4.74 Å². The molecule has 2 aromatic heterocycles. The molecule has 18 heavy (non-hydrogen) atoms. The number of aldehydes is 1. The summed E-state index contributed by atoms with van der Waals surface area (Å²) in [5.74, 6) is 1.26. The van der Waals surface area contributed by atoms with Crippen molar-refractivity contribution in [2.24, 2.45) is 5.92 Å². The summed E-state index contributed by atoms with van der Waals surface area (Å²) in [5.41, 5.74) is 1.25. The molecule has 0 radical (unpaired) electrons. The van der Waals surface area contributed by atoms with E-state index in [0.717, 1.165) is 24.3 Å². The second-order valence-corrected chi connectivity index (χ2v) is 4.78. The highest BCUT2D eigenvalue weighted by atomic mass is 16.5. The maximum atomic E-state index is 11.1. The van der Waals surface area contributed by atoms with Crippen LogP contribution in [0.15, 0.2) is 24.4 Å². The lowest BCUT2D eigenvalue weighted by molar-refractivity contribution is 0.111. The molecule has 2 heterocycles. The third-order valence-electron chi connectivity index (χ3n) is 3.63. The molecule has 0 saturated heterocycles. The van der Waals surface area contributed by atoms with Crippen LogP contribution in [0.2, 0.25) is 0 Å². The summed E-state index contributed by atoms with van der Waals surface area (Å²) in [5, 5.41) is 0. The van der Waals surface area contributed by atoms with Gasteiger partial charge in [-0.25, -0.2) is 0 Å². The van der Waals surface area contributed by atoms with Gasteiger partial charge in [0.2, 0.25) is 5.88 Å². The maximum absolute atomic E-state index is 11.1. The van der Waals surface area contributed by atoms with Crippen LogP contribution in [0.1, 0.15) is 36.2 Å². The van der Waals surface area contributed by atoms with Gasteiger partial charge in [-0.1, -0.05) is 25.3 Å². The zero-order valence-corrected chi connectivity index (χ0v) is 10.2. The molecule has 94 valence electrons. The summed E-state index contributed by atoms with van der Waals surface area (Å²) in [7, 11) is 0. The summed E-state index contributed by atoms with van der Waals surface area (Å²) in [6, 6.07) is 5.64. The minimum atomic E-state index is 0.454. The summed E-state index contributed by atoms with van der Waals surface area (Å²) < 4.78 is 7.41. The Morgan fingerprint density at radius 3 is 3.06 bits per heavy atom. The predicted molar refractivity (Wildman–Crippen MR) is 68.0 cm³/mol. The Bertz CT molecular complexity index is 558. The molecule has 1 saturated carbocycles. The van der Waals surface area contributed by atoms with E-state index in [-0.39, 0.29) is 0 Å². The van der Waals surface area contributed by atoms with Crippen LogP contribution in [-0.4, -0.2) is 22.3 Å². The van der Waals surface area contributed by atoms with Crippen LogP contribution in [-0.2, 0) is 0 Å². The van der Waals surface area contributed by atoms with Gasteiger partial charge in [-0.2, -0.15) is 4.98 Å². The van der Waals surface area contributed by atoms with Gasteiger partial charge in [0.25, 0.3) is 0 Å². The van der Waals surface area contributed by atoms with Crippen LogP contribution in [0.5, 0.6) is 5.88 Å². The number of fused-ring (bicyclic) bond motifs is 1. The Hall–Kier alpha value is -1.84. The molecule has 0 bridgehead atoms. The number of aromatic nitrogens is 2. The van der Waals surface area contributed by atoms with Crippen molar-refractivity contribution in [2.45, 2.75) is 25.7 Å². The number of nitrogens with zero attached hydrogens (tertiary/aromatic N) is 2. The molecule has 4 nitrogen and oxygen atoms in total. The van der Waals surface area contributed by atoms with E-state index in [4.69, 9.17) is 4.74 Å². The molecule has 0 aromatic carbocycles. The highest BCUT2D eigenvalue weighted by molar-refractivity contribution is 5.78. The average Bonchev–Trinajstić information content (AvgIpc) is 2.69. The molecule has 4 heteroatoms. The third kappa shape index (κ3) is 1.98. The third-order valence-corrected chi connectivity index (χ3v) is 3.63. The lowest BCUT2D eigenvalue weighted by atomic mass is 9.83. The lowest BCUT2D eigenvalue weighted by Crippen LogP contribution is -2.14. The molecule has 0 unspecified atom stereocenters. The second-order valence-electron chi connectivity index (χ2n) is 4.78. The fourth-order valence-corrected chi connectivity index (χ4v) is 2.31. The van der Waals surface area contributed by atoms with Crippen molar-refractivity contribution in [3.63, 3.8) is 0 Å². The summed E-state index contributed by atoms with van der Waals surface area (Å²) in [6.45, 7) is 0.648. The van der Waals surface area contributed by atoms with Crippen LogP contribution in [0.3, 0.4) is 0 Å². The fourth-order valence-electron chi connectivity index (χ4n) is 2.31. The molecule has 0 aliphatic heterocycles. The van der Waals surface area contributed by atoms with Gasteiger partial charge in [0, 0.05) is 6.20 Å². The van der Waals surface area contributed by atoms with Crippen molar-refractivity contribution < 1.29 is 9.53 Å². The number of ether oxygens (including phenoxy) is 1. The normalized spacial score (nSPS) is 15.6. The minimum Gasteiger partial charge on any atom is -0.476 e. The van der Waals surface area contributed by atoms with Crippen LogP contribution in [0.4, 0.5) is 0 Å². The SMILES string of the molecule is O=Cc1c(OCCC2CCC2)nc2ccccn12. The number of imidazole rings is 1. The lowest BCUT2D eigenvalue weighted by Gasteiger charge is -2.24. The van der Waals surface area contributed by atoms with Crippen molar-refractivity contribution in [3.05, 3.63) is 30.1 Å². The molecule has 1 aliphatic carbocycles. The zero-order chi connectivity index (χ0) is 12.4. The van der Waals surface area contributed by atoms with Crippen molar-refractivity contribution in [1.29, 1.82) is 0 Å². The molecular weight excluding hydrogens is 228 g/mol. The fraction of sp³-hybridized carbons (Fsp3) is 0.429. The van der Waals surface area contributed by atoms with Gasteiger partial charge in [0.15, 0.2) is 6.29 Å². The first-order chi connectivity index (χ1) is 8.88. The first-order valence-electron chi connectivity index (χ1n) is 6.43. The van der Waals surface area contributed by atoms with E-state index in [1.807, 2.05) is 24.4 Å². The molecule has 1 aliphatic rings. The Labute approximate surface area is 106 Å². The number of carbonyl (C=O) groups excluding carboxylic acids is 1. The molecular formula is C14H16N2O2. The van der Waals surface area contributed by atoms with E-state index in [2.05, 4.69) is 4.98 Å². The Balaban J connectivity index is 1.75. The van der Waals surface area contributed by atoms with E-state index in [1.165, 1.54) is 19.3 Å². The Morgan fingerprint density at radius 1 is 1.44 bits per heavy atom. The van der Waals surface area contributed by atoms with E-state index in [1.54, 1.807) is 4.40 Å². The summed E-state index contributed by atoms with van der Waals surface area (Å²) >= 11 is 0. The Morgan fingerprint density at radius 2 is 2.33 bits per heavy atom. The molecule has 2 aromatic rings. The van der Waals surface area contributed by atoms with E-state index < -0.39 is 0 Å². The molecule has 0 amide bonds. The van der Waals surface area contributed by atoms with Gasteiger partial charge in [-0.15, -0.1) is 0 Å². The number of hydrogen-bond acceptors (Lipinski definition) is 3. The van der Waals surface area contributed by atoms with Gasteiger partial charge >= 0.3 is 0 Å². The monoisotopic (exact) mass is 244 g/mol.